The van der Waals surface area contributed by atoms with Crippen LogP contribution in [-0.4, -0.2) is 53.2 Å². The van der Waals surface area contributed by atoms with Crippen molar-refractivity contribution in [3.05, 3.63) is 0 Å². The van der Waals surface area contributed by atoms with Crippen LogP contribution in [0.1, 0.15) is 13.8 Å². The molecule has 6 nitrogen and oxygen atoms in total. The fraction of sp³-hybridized carbons (Fsp3) is 0.750. The molecule has 84 valence electrons. The molecule has 0 aliphatic carbocycles. The highest BCUT2D eigenvalue weighted by molar-refractivity contribution is 5.72. The molecule has 2 atom stereocenters. The van der Waals surface area contributed by atoms with Crippen molar-refractivity contribution in [2.24, 2.45) is 5.73 Å². The van der Waals surface area contributed by atoms with Crippen molar-refractivity contribution in [2.45, 2.75) is 25.9 Å². The van der Waals surface area contributed by atoms with Crippen LogP contribution >= 0.6 is 0 Å². The van der Waals surface area contributed by atoms with Crippen LogP contribution in [0.25, 0.3) is 0 Å². The summed E-state index contributed by atoms with van der Waals surface area (Å²) in [5, 5.41) is 16.2. The monoisotopic (exact) mass is 206 g/mol. The summed E-state index contributed by atoms with van der Waals surface area (Å²) in [6.45, 7) is 3.06. The Morgan fingerprint density at radius 1 is 1.14 bits per heavy atom. The zero-order chi connectivity index (χ0) is 11.9. The molecule has 0 heterocycles. The van der Waals surface area contributed by atoms with Crippen LogP contribution in [0, 0.1) is 0 Å². The summed E-state index contributed by atoms with van der Waals surface area (Å²) in [5.74, 6) is -1.75. The lowest BCUT2D eigenvalue weighted by Gasteiger charge is -2.13. The second-order valence-electron chi connectivity index (χ2n) is 3.10. The van der Waals surface area contributed by atoms with Crippen molar-refractivity contribution in [3.63, 3.8) is 0 Å². The van der Waals surface area contributed by atoms with Crippen molar-refractivity contribution in [1.29, 1.82) is 0 Å². The molecule has 0 radical (unpaired) electrons. The number of carbonyl (C=O) groups is 2. The van der Waals surface area contributed by atoms with E-state index in [1.54, 1.807) is 25.9 Å². The summed E-state index contributed by atoms with van der Waals surface area (Å²) >= 11 is 0. The molecule has 0 fully saturated rings. The van der Waals surface area contributed by atoms with Gasteiger partial charge in [0.15, 0.2) is 0 Å². The maximum Gasteiger partial charge on any atom is 0.320 e. The van der Waals surface area contributed by atoms with Crippen LogP contribution in [0.5, 0.6) is 0 Å². The number of rotatable bonds is 3. The molecule has 0 aromatic carbocycles. The standard InChI is InChI=1S/C5H11NO2.C3H7NO2/c1-4(5(7)8)6(2)3;1-2(4)3(5)6/h4H,1-3H3,(H,7,8);2H,4H2,1H3,(H,5,6). The Hall–Kier alpha value is -1.14. The summed E-state index contributed by atoms with van der Waals surface area (Å²) in [6.07, 6.45) is 0. The van der Waals surface area contributed by atoms with E-state index in [9.17, 15) is 9.59 Å². The minimum Gasteiger partial charge on any atom is -0.480 e. The van der Waals surface area contributed by atoms with Gasteiger partial charge in [-0.15, -0.1) is 0 Å². The van der Waals surface area contributed by atoms with Gasteiger partial charge in [-0.2, -0.15) is 0 Å². The first-order chi connectivity index (χ1) is 6.20. The van der Waals surface area contributed by atoms with E-state index in [0.29, 0.717) is 0 Å². The molecule has 0 aromatic heterocycles. The van der Waals surface area contributed by atoms with Crippen LogP contribution < -0.4 is 5.73 Å². The van der Waals surface area contributed by atoms with Crippen molar-refractivity contribution in [2.75, 3.05) is 14.1 Å². The number of nitrogens with two attached hydrogens (primary N) is 1. The van der Waals surface area contributed by atoms with Gasteiger partial charge in [-0.05, 0) is 27.9 Å². The first-order valence-corrected chi connectivity index (χ1v) is 4.07. The van der Waals surface area contributed by atoms with Gasteiger partial charge in [0.25, 0.3) is 0 Å². The minimum absolute atomic E-state index is 0.380. The SMILES string of the molecule is CC(C(=O)O)N(C)C.CC(N)C(=O)O. The molecule has 2 unspecified atom stereocenters. The van der Waals surface area contributed by atoms with Gasteiger partial charge in [0.1, 0.15) is 12.1 Å². The Morgan fingerprint density at radius 3 is 1.43 bits per heavy atom. The normalized spacial score (nSPS) is 13.9. The zero-order valence-corrected chi connectivity index (χ0v) is 8.89. The number of aliphatic carboxylic acids is 2. The fourth-order valence-electron chi connectivity index (χ4n) is 0.221. The predicted molar refractivity (Wildman–Crippen MR) is 52.1 cm³/mol. The van der Waals surface area contributed by atoms with E-state index in [0.717, 1.165) is 0 Å². The van der Waals surface area contributed by atoms with Crippen LogP contribution in [0.4, 0.5) is 0 Å². The second kappa shape index (κ2) is 7.28. The lowest BCUT2D eigenvalue weighted by atomic mass is 10.3. The molecule has 6 heteroatoms. The number of carboxylic acid groups (broad SMARTS) is 2. The number of carboxylic acids is 2. The Morgan fingerprint density at radius 2 is 1.43 bits per heavy atom. The summed E-state index contributed by atoms with van der Waals surface area (Å²) in [6, 6.07) is -1.11. The Labute approximate surface area is 83.3 Å². The first kappa shape index (κ1) is 15.3. The van der Waals surface area contributed by atoms with E-state index in [1.165, 1.54) is 6.92 Å². The highest BCUT2D eigenvalue weighted by Gasteiger charge is 2.11. The molecule has 0 aromatic rings. The van der Waals surface area contributed by atoms with Crippen molar-refractivity contribution in [3.8, 4) is 0 Å². The quantitative estimate of drug-likeness (QED) is 0.571. The average molecular weight is 206 g/mol. The first-order valence-electron chi connectivity index (χ1n) is 4.07. The van der Waals surface area contributed by atoms with Gasteiger partial charge >= 0.3 is 11.9 Å². The van der Waals surface area contributed by atoms with Crippen molar-refractivity contribution >= 4 is 11.9 Å². The number of likely N-dealkylation sites (N-methyl/N-ethyl adjacent to an activating group) is 1. The van der Waals surface area contributed by atoms with E-state index in [2.05, 4.69) is 0 Å². The van der Waals surface area contributed by atoms with Crippen molar-refractivity contribution in [1.82, 2.24) is 4.90 Å². The highest BCUT2D eigenvalue weighted by atomic mass is 16.4. The predicted octanol–water partition coefficient (Wildman–Crippen LogP) is -0.561. The molecule has 14 heavy (non-hydrogen) atoms. The largest absolute Gasteiger partial charge is 0.480 e. The molecule has 0 saturated heterocycles. The number of hydrogen-bond acceptors (Lipinski definition) is 4. The van der Waals surface area contributed by atoms with E-state index in [-0.39, 0.29) is 6.04 Å². The molecule has 0 aliphatic rings. The number of nitrogens with zero attached hydrogens (tertiary/aromatic N) is 1. The Kier molecular flexibility index (Phi) is 7.98. The third kappa shape index (κ3) is 8.95. The van der Waals surface area contributed by atoms with Gasteiger partial charge in [0, 0.05) is 0 Å². The van der Waals surface area contributed by atoms with Crippen molar-refractivity contribution < 1.29 is 19.8 Å². The lowest BCUT2D eigenvalue weighted by molar-refractivity contribution is -0.141. The van der Waals surface area contributed by atoms with E-state index in [4.69, 9.17) is 15.9 Å². The van der Waals surface area contributed by atoms with Gasteiger partial charge in [-0.1, -0.05) is 0 Å². The average Bonchev–Trinajstić information content (AvgIpc) is 2.03. The van der Waals surface area contributed by atoms with Gasteiger partial charge in [0.2, 0.25) is 0 Å². The molecule has 0 saturated carbocycles. The van der Waals surface area contributed by atoms with Crippen LogP contribution in [0.2, 0.25) is 0 Å². The molecule has 0 amide bonds. The van der Waals surface area contributed by atoms with Gasteiger partial charge in [-0.25, -0.2) is 0 Å². The highest BCUT2D eigenvalue weighted by Crippen LogP contribution is 1.88. The summed E-state index contributed by atoms with van der Waals surface area (Å²) < 4.78 is 0. The molecule has 0 rings (SSSR count). The van der Waals surface area contributed by atoms with Crippen LogP contribution in [0.15, 0.2) is 0 Å². The molecule has 0 aliphatic heterocycles. The Balaban J connectivity index is 0. The Bertz CT molecular complexity index is 192. The third-order valence-electron chi connectivity index (χ3n) is 1.52. The maximum absolute atomic E-state index is 10.1. The van der Waals surface area contributed by atoms with Gasteiger partial charge in [0.05, 0.1) is 0 Å². The maximum atomic E-state index is 10.1. The lowest BCUT2D eigenvalue weighted by Crippen LogP contribution is -2.32. The van der Waals surface area contributed by atoms with E-state index in [1.807, 2.05) is 0 Å². The van der Waals surface area contributed by atoms with Crippen LogP contribution in [-0.2, 0) is 9.59 Å². The molecular weight excluding hydrogens is 188 g/mol. The van der Waals surface area contributed by atoms with Gasteiger partial charge in [-0.3, -0.25) is 14.5 Å². The summed E-state index contributed by atoms with van der Waals surface area (Å²) in [4.78, 5) is 21.3. The molecule has 4 N–H and O–H groups in total. The zero-order valence-electron chi connectivity index (χ0n) is 8.89. The number of hydrogen-bond donors (Lipinski definition) is 3. The third-order valence-corrected chi connectivity index (χ3v) is 1.52. The van der Waals surface area contributed by atoms with E-state index < -0.39 is 18.0 Å². The smallest absolute Gasteiger partial charge is 0.320 e. The van der Waals surface area contributed by atoms with E-state index >= 15 is 0 Å². The van der Waals surface area contributed by atoms with Gasteiger partial charge < -0.3 is 15.9 Å². The summed E-state index contributed by atoms with van der Waals surface area (Å²) in [7, 11) is 3.47. The van der Waals surface area contributed by atoms with Crippen LogP contribution in [0.3, 0.4) is 0 Å². The fourth-order valence-corrected chi connectivity index (χ4v) is 0.221. The molecular formula is C8H18N2O4. The topological polar surface area (TPSA) is 104 Å². The molecule has 0 spiro atoms. The summed E-state index contributed by atoms with van der Waals surface area (Å²) in [5.41, 5.74) is 4.84. The molecule has 0 bridgehead atoms. The second-order valence-corrected chi connectivity index (χ2v) is 3.10. The minimum atomic E-state index is -0.963.